The van der Waals surface area contributed by atoms with Gasteiger partial charge in [0.25, 0.3) is 0 Å². The Morgan fingerprint density at radius 1 is 1.47 bits per heavy atom. The molecule has 92 valence electrons. The highest BCUT2D eigenvalue weighted by molar-refractivity contribution is 5.76. The number of rotatable bonds is 4. The van der Waals surface area contributed by atoms with Crippen LogP contribution in [0.25, 0.3) is 11.0 Å². The summed E-state index contributed by atoms with van der Waals surface area (Å²) in [6.45, 7) is 5.84. The number of aromatic nitrogens is 2. The Hall–Kier alpha value is -1.39. The fourth-order valence-corrected chi connectivity index (χ4v) is 1.99. The van der Waals surface area contributed by atoms with Gasteiger partial charge in [-0.3, -0.25) is 0 Å². The van der Waals surface area contributed by atoms with Crippen LogP contribution in [0.4, 0.5) is 0 Å². The lowest BCUT2D eigenvalue weighted by Gasteiger charge is -2.12. The molecule has 1 aromatic carbocycles. The predicted octanol–water partition coefficient (Wildman–Crippen LogP) is 1.49. The van der Waals surface area contributed by atoms with E-state index in [1.54, 1.807) is 0 Å². The van der Waals surface area contributed by atoms with E-state index in [9.17, 15) is 0 Å². The molecule has 0 aliphatic rings. The van der Waals surface area contributed by atoms with Gasteiger partial charge in [0, 0.05) is 19.6 Å². The average Bonchev–Trinajstić information content (AvgIpc) is 2.61. The Morgan fingerprint density at radius 2 is 2.24 bits per heavy atom. The molecule has 2 aromatic rings. The summed E-state index contributed by atoms with van der Waals surface area (Å²) in [6, 6.07) is 6.30. The van der Waals surface area contributed by atoms with Crippen LogP contribution in [0.15, 0.2) is 18.2 Å². The number of nitrogens with one attached hydrogen (secondary N) is 1. The summed E-state index contributed by atoms with van der Waals surface area (Å²) in [5, 5.41) is 3.26. The van der Waals surface area contributed by atoms with Gasteiger partial charge in [0.2, 0.25) is 0 Å². The Balaban J connectivity index is 2.31. The SMILES string of the molecule is CCNCC(N)c1ccc2c(c1)nc(C)n2C. The van der Waals surface area contributed by atoms with Crippen LogP contribution in [0.3, 0.4) is 0 Å². The van der Waals surface area contributed by atoms with E-state index >= 15 is 0 Å². The number of imidazole rings is 1. The van der Waals surface area contributed by atoms with Gasteiger partial charge in [-0.15, -0.1) is 0 Å². The van der Waals surface area contributed by atoms with Crippen molar-refractivity contribution in [3.8, 4) is 0 Å². The number of hydrogen-bond acceptors (Lipinski definition) is 3. The lowest BCUT2D eigenvalue weighted by Crippen LogP contribution is -2.26. The second-order valence-corrected chi connectivity index (χ2v) is 4.38. The normalized spacial score (nSPS) is 13.2. The minimum Gasteiger partial charge on any atom is -0.331 e. The minimum atomic E-state index is 0.0293. The molecule has 0 saturated heterocycles. The average molecular weight is 232 g/mol. The van der Waals surface area contributed by atoms with Crippen LogP contribution in [0.5, 0.6) is 0 Å². The summed E-state index contributed by atoms with van der Waals surface area (Å²) in [4.78, 5) is 4.52. The summed E-state index contributed by atoms with van der Waals surface area (Å²) in [7, 11) is 2.03. The molecule has 4 nitrogen and oxygen atoms in total. The van der Waals surface area contributed by atoms with E-state index < -0.39 is 0 Å². The maximum absolute atomic E-state index is 6.12. The molecule has 0 bridgehead atoms. The maximum atomic E-state index is 6.12. The number of fused-ring (bicyclic) bond motifs is 1. The van der Waals surface area contributed by atoms with Crippen LogP contribution in [-0.4, -0.2) is 22.6 Å². The van der Waals surface area contributed by atoms with E-state index in [2.05, 4.69) is 40.0 Å². The molecular formula is C13H20N4. The lowest BCUT2D eigenvalue weighted by atomic mass is 10.1. The highest BCUT2D eigenvalue weighted by Crippen LogP contribution is 2.19. The first-order valence-corrected chi connectivity index (χ1v) is 6.02. The van der Waals surface area contributed by atoms with E-state index in [1.165, 1.54) is 0 Å². The topological polar surface area (TPSA) is 55.9 Å². The fourth-order valence-electron chi connectivity index (χ4n) is 1.99. The van der Waals surface area contributed by atoms with Crippen LogP contribution in [0, 0.1) is 6.92 Å². The van der Waals surface area contributed by atoms with Crippen LogP contribution >= 0.6 is 0 Å². The zero-order chi connectivity index (χ0) is 12.4. The van der Waals surface area contributed by atoms with Gasteiger partial charge in [-0.05, 0) is 31.2 Å². The smallest absolute Gasteiger partial charge is 0.106 e. The van der Waals surface area contributed by atoms with Crippen molar-refractivity contribution in [1.29, 1.82) is 0 Å². The van der Waals surface area contributed by atoms with Gasteiger partial charge >= 0.3 is 0 Å². The third-order valence-corrected chi connectivity index (χ3v) is 3.17. The lowest BCUT2D eigenvalue weighted by molar-refractivity contribution is 0.616. The van der Waals surface area contributed by atoms with E-state index in [4.69, 9.17) is 5.73 Å². The van der Waals surface area contributed by atoms with E-state index in [1.807, 2.05) is 14.0 Å². The van der Waals surface area contributed by atoms with Crippen LogP contribution in [-0.2, 0) is 7.05 Å². The van der Waals surface area contributed by atoms with Crippen molar-refractivity contribution in [2.75, 3.05) is 13.1 Å². The molecule has 1 heterocycles. The zero-order valence-electron chi connectivity index (χ0n) is 10.7. The summed E-state index contributed by atoms with van der Waals surface area (Å²) in [5.74, 6) is 1.03. The van der Waals surface area contributed by atoms with E-state index in [0.717, 1.165) is 35.5 Å². The van der Waals surface area contributed by atoms with Gasteiger partial charge in [0.1, 0.15) is 5.82 Å². The fraction of sp³-hybridized carbons (Fsp3) is 0.462. The Kier molecular flexibility index (Phi) is 3.45. The third kappa shape index (κ3) is 2.33. The van der Waals surface area contributed by atoms with Crippen molar-refractivity contribution in [1.82, 2.24) is 14.9 Å². The molecule has 1 unspecified atom stereocenters. The largest absolute Gasteiger partial charge is 0.331 e. The van der Waals surface area contributed by atoms with Gasteiger partial charge in [0.05, 0.1) is 11.0 Å². The molecule has 17 heavy (non-hydrogen) atoms. The van der Waals surface area contributed by atoms with Crippen molar-refractivity contribution in [3.05, 3.63) is 29.6 Å². The molecule has 0 fully saturated rings. The second-order valence-electron chi connectivity index (χ2n) is 4.38. The second kappa shape index (κ2) is 4.85. The third-order valence-electron chi connectivity index (χ3n) is 3.17. The molecule has 0 aliphatic heterocycles. The first kappa shape index (κ1) is 12.1. The van der Waals surface area contributed by atoms with Gasteiger partial charge < -0.3 is 15.6 Å². The molecule has 4 heteroatoms. The molecule has 0 saturated carbocycles. The molecule has 0 radical (unpaired) electrons. The highest BCUT2D eigenvalue weighted by atomic mass is 15.0. The monoisotopic (exact) mass is 232 g/mol. The van der Waals surface area contributed by atoms with Gasteiger partial charge in [-0.1, -0.05) is 13.0 Å². The minimum absolute atomic E-state index is 0.0293. The number of hydrogen-bond donors (Lipinski definition) is 2. The van der Waals surface area contributed by atoms with Crippen molar-refractivity contribution >= 4 is 11.0 Å². The highest BCUT2D eigenvalue weighted by Gasteiger charge is 2.09. The van der Waals surface area contributed by atoms with Crippen molar-refractivity contribution in [2.24, 2.45) is 12.8 Å². The van der Waals surface area contributed by atoms with Crippen LogP contribution in [0.2, 0.25) is 0 Å². The van der Waals surface area contributed by atoms with Gasteiger partial charge in [-0.2, -0.15) is 0 Å². The molecule has 1 aromatic heterocycles. The molecule has 1 atom stereocenters. The molecule has 0 aliphatic carbocycles. The van der Waals surface area contributed by atoms with Crippen molar-refractivity contribution < 1.29 is 0 Å². The van der Waals surface area contributed by atoms with Crippen LogP contribution in [0.1, 0.15) is 24.4 Å². The van der Waals surface area contributed by atoms with E-state index in [-0.39, 0.29) is 6.04 Å². The first-order chi connectivity index (χ1) is 8.13. The number of likely N-dealkylation sites (N-methyl/N-ethyl adjacent to an activating group) is 1. The Morgan fingerprint density at radius 3 is 2.94 bits per heavy atom. The molecule has 2 rings (SSSR count). The summed E-state index contributed by atoms with van der Waals surface area (Å²) in [6.07, 6.45) is 0. The molecule has 0 spiro atoms. The van der Waals surface area contributed by atoms with Crippen molar-refractivity contribution in [2.45, 2.75) is 19.9 Å². The Labute approximate surface area is 102 Å². The maximum Gasteiger partial charge on any atom is 0.106 e. The number of nitrogens with two attached hydrogens (primary N) is 1. The summed E-state index contributed by atoms with van der Waals surface area (Å²) < 4.78 is 2.09. The van der Waals surface area contributed by atoms with Crippen molar-refractivity contribution in [3.63, 3.8) is 0 Å². The molecule has 0 amide bonds. The van der Waals surface area contributed by atoms with Gasteiger partial charge in [-0.25, -0.2) is 4.98 Å². The van der Waals surface area contributed by atoms with Gasteiger partial charge in [0.15, 0.2) is 0 Å². The standard InChI is InChI=1S/C13H20N4/c1-4-15-8-11(14)10-5-6-13-12(7-10)16-9(2)17(13)3/h5-7,11,15H,4,8,14H2,1-3H3. The summed E-state index contributed by atoms with van der Waals surface area (Å²) >= 11 is 0. The Bertz CT molecular complexity index is 515. The predicted molar refractivity (Wildman–Crippen MR) is 70.9 cm³/mol. The number of benzene rings is 1. The quantitative estimate of drug-likeness (QED) is 0.839. The molecular weight excluding hydrogens is 212 g/mol. The van der Waals surface area contributed by atoms with Crippen LogP contribution < -0.4 is 11.1 Å². The molecule has 3 N–H and O–H groups in total. The number of nitrogens with zero attached hydrogens (tertiary/aromatic N) is 2. The van der Waals surface area contributed by atoms with E-state index in [0.29, 0.717) is 0 Å². The zero-order valence-corrected chi connectivity index (χ0v) is 10.7. The number of aryl methyl sites for hydroxylation is 2. The summed E-state index contributed by atoms with van der Waals surface area (Å²) in [5.41, 5.74) is 9.43. The first-order valence-electron chi connectivity index (χ1n) is 6.02.